The van der Waals surface area contributed by atoms with E-state index in [4.69, 9.17) is 15.0 Å². The topological polar surface area (TPSA) is 138 Å². The third-order valence-electron chi connectivity index (χ3n) is 3.93. The molecule has 32 heavy (non-hydrogen) atoms. The van der Waals surface area contributed by atoms with Gasteiger partial charge in [-0.05, 0) is 18.2 Å². The highest BCUT2D eigenvalue weighted by Gasteiger charge is 2.27. The van der Waals surface area contributed by atoms with Crippen molar-refractivity contribution < 1.29 is 22.4 Å². The number of anilines is 3. The third-order valence-corrected chi connectivity index (χ3v) is 3.93. The molecule has 0 unspecified atom stereocenters. The van der Waals surface area contributed by atoms with Gasteiger partial charge < -0.3 is 20.3 Å². The SMILES string of the molecule is Nc1nc(Nc2ccccc2)nc(-c2noc(-c3ccc(OCCC(F)(F)F)nc3)n2)n1. The lowest BCUT2D eigenvalue weighted by molar-refractivity contribution is -0.139. The molecule has 0 aliphatic rings. The van der Waals surface area contributed by atoms with Gasteiger partial charge in [0.25, 0.3) is 5.89 Å². The zero-order chi connectivity index (χ0) is 22.6. The third kappa shape index (κ3) is 5.44. The lowest BCUT2D eigenvalue weighted by Gasteiger charge is -2.07. The van der Waals surface area contributed by atoms with E-state index in [9.17, 15) is 13.2 Å². The Morgan fingerprint density at radius 2 is 1.78 bits per heavy atom. The van der Waals surface area contributed by atoms with E-state index in [2.05, 4.69) is 35.4 Å². The van der Waals surface area contributed by atoms with Gasteiger partial charge in [-0.25, -0.2) is 4.98 Å². The Hall–Kier alpha value is -4.29. The fourth-order valence-electron chi connectivity index (χ4n) is 2.49. The highest BCUT2D eigenvalue weighted by molar-refractivity contribution is 5.58. The first-order chi connectivity index (χ1) is 15.4. The number of nitrogens with one attached hydrogen (secondary N) is 1. The van der Waals surface area contributed by atoms with E-state index in [1.807, 2.05) is 30.3 Å². The van der Waals surface area contributed by atoms with Gasteiger partial charge >= 0.3 is 6.18 Å². The molecule has 1 aromatic carbocycles. The zero-order valence-corrected chi connectivity index (χ0v) is 16.2. The largest absolute Gasteiger partial charge is 0.477 e. The van der Waals surface area contributed by atoms with Crippen molar-refractivity contribution in [3.63, 3.8) is 0 Å². The first kappa shape index (κ1) is 21.0. The highest BCUT2D eigenvalue weighted by Crippen LogP contribution is 2.24. The van der Waals surface area contributed by atoms with Crippen LogP contribution in [0.25, 0.3) is 23.1 Å². The van der Waals surface area contributed by atoms with Crippen molar-refractivity contribution in [3.05, 3.63) is 48.7 Å². The van der Waals surface area contributed by atoms with Crippen LogP contribution in [0.15, 0.2) is 53.2 Å². The highest BCUT2D eigenvalue weighted by atomic mass is 19.4. The molecular formula is C19H15F3N8O2. The smallest absolute Gasteiger partial charge is 0.392 e. The van der Waals surface area contributed by atoms with Crippen molar-refractivity contribution in [1.29, 1.82) is 0 Å². The number of benzene rings is 1. The summed E-state index contributed by atoms with van der Waals surface area (Å²) in [6, 6.07) is 12.1. The monoisotopic (exact) mass is 444 g/mol. The standard InChI is InChI=1S/C19H15F3N8O2/c20-19(21,22)8-9-31-13-7-6-11(10-24-13)16-26-15(30-32-16)14-27-17(23)29-18(28-14)25-12-4-2-1-3-5-12/h1-7,10H,8-9H2,(H3,23,25,27,28,29). The molecule has 10 nitrogen and oxygen atoms in total. The summed E-state index contributed by atoms with van der Waals surface area (Å²) in [7, 11) is 0. The quantitative estimate of drug-likeness (QED) is 0.434. The van der Waals surface area contributed by atoms with E-state index in [1.54, 1.807) is 0 Å². The first-order valence-electron chi connectivity index (χ1n) is 9.19. The van der Waals surface area contributed by atoms with Crippen molar-refractivity contribution in [2.75, 3.05) is 17.7 Å². The van der Waals surface area contributed by atoms with E-state index < -0.39 is 19.2 Å². The number of aromatic nitrogens is 6. The Labute approximate surface area is 178 Å². The van der Waals surface area contributed by atoms with Crippen LogP contribution in [0.4, 0.5) is 30.8 Å². The lowest BCUT2D eigenvalue weighted by Crippen LogP contribution is -2.13. The first-order valence-corrected chi connectivity index (χ1v) is 9.19. The molecule has 3 heterocycles. The van der Waals surface area contributed by atoms with Crippen molar-refractivity contribution in [3.8, 4) is 29.0 Å². The number of alkyl halides is 3. The van der Waals surface area contributed by atoms with Crippen LogP contribution in [-0.2, 0) is 0 Å². The fraction of sp³-hybridized carbons (Fsp3) is 0.158. The predicted octanol–water partition coefficient (Wildman–Crippen LogP) is 3.64. The molecule has 0 atom stereocenters. The molecule has 164 valence electrons. The molecule has 0 spiro atoms. The average Bonchev–Trinajstić information content (AvgIpc) is 3.24. The molecule has 0 saturated carbocycles. The van der Waals surface area contributed by atoms with E-state index in [0.717, 1.165) is 5.69 Å². The summed E-state index contributed by atoms with van der Waals surface area (Å²) in [5.74, 6) is 0.459. The van der Waals surface area contributed by atoms with Gasteiger partial charge in [-0.15, -0.1) is 0 Å². The number of nitrogen functional groups attached to an aromatic ring is 1. The van der Waals surface area contributed by atoms with Crippen LogP contribution in [0.5, 0.6) is 5.88 Å². The summed E-state index contributed by atoms with van der Waals surface area (Å²) >= 11 is 0. The second-order valence-electron chi connectivity index (χ2n) is 6.35. The minimum absolute atomic E-state index is 0.0400. The maximum absolute atomic E-state index is 12.2. The maximum atomic E-state index is 12.2. The number of rotatable bonds is 7. The summed E-state index contributed by atoms with van der Waals surface area (Å²) in [5, 5.41) is 6.85. The van der Waals surface area contributed by atoms with E-state index in [-0.39, 0.29) is 35.3 Å². The number of para-hydroxylation sites is 1. The molecule has 0 amide bonds. The Morgan fingerprint density at radius 3 is 2.50 bits per heavy atom. The fourth-order valence-corrected chi connectivity index (χ4v) is 2.49. The average molecular weight is 444 g/mol. The molecule has 3 N–H and O–H groups in total. The summed E-state index contributed by atoms with van der Waals surface area (Å²) in [4.78, 5) is 20.5. The number of nitrogens with two attached hydrogens (primary N) is 1. The molecule has 4 aromatic rings. The van der Waals surface area contributed by atoms with Gasteiger partial charge in [-0.2, -0.15) is 33.1 Å². The number of ether oxygens (including phenoxy) is 1. The summed E-state index contributed by atoms with van der Waals surface area (Å²) in [6.07, 6.45) is -4.03. The van der Waals surface area contributed by atoms with Crippen molar-refractivity contribution in [2.45, 2.75) is 12.6 Å². The Morgan fingerprint density at radius 1 is 0.969 bits per heavy atom. The minimum Gasteiger partial charge on any atom is -0.477 e. The van der Waals surface area contributed by atoms with E-state index >= 15 is 0 Å². The van der Waals surface area contributed by atoms with Gasteiger partial charge in [0.2, 0.25) is 29.4 Å². The zero-order valence-electron chi connectivity index (χ0n) is 16.2. The second-order valence-corrected chi connectivity index (χ2v) is 6.35. The molecular weight excluding hydrogens is 429 g/mol. The van der Waals surface area contributed by atoms with Crippen LogP contribution in [0.1, 0.15) is 6.42 Å². The van der Waals surface area contributed by atoms with Crippen LogP contribution < -0.4 is 15.8 Å². The normalized spacial score (nSPS) is 11.3. The Balaban J connectivity index is 1.48. The van der Waals surface area contributed by atoms with Crippen LogP contribution in [0.2, 0.25) is 0 Å². The number of hydrogen-bond donors (Lipinski definition) is 2. The van der Waals surface area contributed by atoms with Crippen molar-refractivity contribution >= 4 is 17.6 Å². The molecule has 0 aliphatic heterocycles. The number of nitrogens with zero attached hydrogens (tertiary/aromatic N) is 6. The maximum Gasteiger partial charge on any atom is 0.392 e. The van der Waals surface area contributed by atoms with Gasteiger partial charge in [0.15, 0.2) is 0 Å². The molecule has 0 radical (unpaired) electrons. The number of hydrogen-bond acceptors (Lipinski definition) is 10. The molecule has 0 bridgehead atoms. The van der Waals surface area contributed by atoms with Crippen LogP contribution in [0.3, 0.4) is 0 Å². The Bertz CT molecular complexity index is 1180. The van der Waals surface area contributed by atoms with Crippen LogP contribution >= 0.6 is 0 Å². The molecule has 0 saturated heterocycles. The van der Waals surface area contributed by atoms with Gasteiger partial charge in [0.05, 0.1) is 18.6 Å². The molecule has 0 fully saturated rings. The predicted molar refractivity (Wildman–Crippen MR) is 107 cm³/mol. The van der Waals surface area contributed by atoms with Gasteiger partial charge in [0.1, 0.15) is 0 Å². The molecule has 4 rings (SSSR count). The number of pyridine rings is 1. The summed E-state index contributed by atoms with van der Waals surface area (Å²) in [6.45, 7) is -0.527. The number of halogens is 3. The van der Waals surface area contributed by atoms with Crippen LogP contribution in [0, 0.1) is 0 Å². The lowest BCUT2D eigenvalue weighted by atomic mass is 10.3. The van der Waals surface area contributed by atoms with Crippen LogP contribution in [-0.4, -0.2) is 42.9 Å². The van der Waals surface area contributed by atoms with E-state index in [1.165, 1.54) is 18.3 Å². The van der Waals surface area contributed by atoms with E-state index in [0.29, 0.717) is 5.56 Å². The second kappa shape index (κ2) is 8.83. The van der Waals surface area contributed by atoms with Gasteiger partial charge in [-0.1, -0.05) is 23.4 Å². The van der Waals surface area contributed by atoms with Crippen molar-refractivity contribution in [2.24, 2.45) is 0 Å². The van der Waals surface area contributed by atoms with Gasteiger partial charge in [-0.3, -0.25) is 0 Å². The summed E-state index contributed by atoms with van der Waals surface area (Å²) < 4.78 is 46.8. The summed E-state index contributed by atoms with van der Waals surface area (Å²) in [5.41, 5.74) is 6.95. The molecule has 13 heteroatoms. The van der Waals surface area contributed by atoms with Crippen molar-refractivity contribution in [1.82, 2.24) is 30.1 Å². The Kier molecular flexibility index (Phi) is 5.79. The molecule has 3 aromatic heterocycles. The molecule has 0 aliphatic carbocycles. The van der Waals surface area contributed by atoms with Gasteiger partial charge in [0, 0.05) is 18.0 Å². The minimum atomic E-state index is -4.30.